The molecule has 0 radical (unpaired) electrons. The summed E-state index contributed by atoms with van der Waals surface area (Å²) in [6.45, 7) is -0.123. The molecule has 18 heavy (non-hydrogen) atoms. The van der Waals surface area contributed by atoms with Gasteiger partial charge in [-0.15, -0.1) is 0 Å². The first kappa shape index (κ1) is 12.6. The molecule has 1 aromatic carbocycles. The van der Waals surface area contributed by atoms with Crippen molar-refractivity contribution in [1.82, 2.24) is 5.32 Å². The van der Waals surface area contributed by atoms with Gasteiger partial charge in [0.05, 0.1) is 18.7 Å². The zero-order chi connectivity index (χ0) is 13.0. The Labute approximate surface area is 106 Å². The first-order valence-corrected chi connectivity index (χ1v) is 6.07. The Balaban J connectivity index is 1.94. The summed E-state index contributed by atoms with van der Waals surface area (Å²) >= 11 is 0. The first-order valence-electron chi connectivity index (χ1n) is 6.07. The van der Waals surface area contributed by atoms with Crippen molar-refractivity contribution in [2.45, 2.75) is 25.3 Å². The van der Waals surface area contributed by atoms with Crippen LogP contribution in [-0.2, 0) is 11.2 Å². The Morgan fingerprint density at radius 3 is 2.61 bits per heavy atom. The van der Waals surface area contributed by atoms with E-state index in [0.717, 1.165) is 5.56 Å². The third-order valence-electron chi connectivity index (χ3n) is 3.28. The fourth-order valence-corrected chi connectivity index (χ4v) is 1.90. The van der Waals surface area contributed by atoms with Crippen LogP contribution in [0.3, 0.4) is 0 Å². The molecule has 4 nitrogen and oxygen atoms in total. The minimum atomic E-state index is -0.829. The van der Waals surface area contributed by atoms with Crippen molar-refractivity contribution in [3.63, 3.8) is 0 Å². The molecule has 1 aliphatic rings. The second-order valence-electron chi connectivity index (χ2n) is 4.74. The predicted molar refractivity (Wildman–Crippen MR) is 66.4 cm³/mol. The average Bonchev–Trinajstić information content (AvgIpc) is 3.20. The standard InChI is InChI=1S/C14H16N2O2/c15-10-14(6-7-14)13(18)16-12(9-17)8-11-4-2-1-3-5-11/h1-5,12,17H,6-9H2,(H,16,18)/t12-/m0/s1. The number of nitriles is 1. The molecule has 2 rings (SSSR count). The molecule has 1 amide bonds. The van der Waals surface area contributed by atoms with Gasteiger partial charge in [-0.05, 0) is 24.8 Å². The van der Waals surface area contributed by atoms with Crippen LogP contribution in [0.5, 0.6) is 0 Å². The number of nitrogens with one attached hydrogen (secondary N) is 1. The van der Waals surface area contributed by atoms with E-state index in [1.165, 1.54) is 0 Å². The van der Waals surface area contributed by atoms with Crippen LogP contribution in [0, 0.1) is 16.7 Å². The summed E-state index contributed by atoms with van der Waals surface area (Å²) in [5, 5.41) is 21.0. The van der Waals surface area contributed by atoms with Crippen LogP contribution in [0.15, 0.2) is 30.3 Å². The van der Waals surface area contributed by atoms with E-state index in [0.29, 0.717) is 19.3 Å². The quantitative estimate of drug-likeness (QED) is 0.812. The maximum Gasteiger partial charge on any atom is 0.240 e. The number of amides is 1. The Kier molecular flexibility index (Phi) is 3.63. The van der Waals surface area contributed by atoms with E-state index in [-0.39, 0.29) is 18.6 Å². The van der Waals surface area contributed by atoms with Crippen molar-refractivity contribution < 1.29 is 9.90 Å². The molecule has 1 aromatic rings. The molecule has 1 aliphatic carbocycles. The Hall–Kier alpha value is -1.86. The largest absolute Gasteiger partial charge is 0.394 e. The summed E-state index contributed by atoms with van der Waals surface area (Å²) in [6, 6.07) is 11.4. The predicted octanol–water partition coefficient (Wildman–Crippen LogP) is 1.01. The SMILES string of the molecule is N#CC1(C(=O)N[C@H](CO)Cc2ccccc2)CC1. The van der Waals surface area contributed by atoms with Gasteiger partial charge in [0.1, 0.15) is 5.41 Å². The normalized spacial score (nSPS) is 17.6. The number of carbonyl (C=O) groups excluding carboxylic acids is 1. The van der Waals surface area contributed by atoms with Crippen LogP contribution in [0.4, 0.5) is 0 Å². The number of carbonyl (C=O) groups is 1. The molecule has 0 spiro atoms. The zero-order valence-electron chi connectivity index (χ0n) is 10.1. The maximum atomic E-state index is 11.9. The van der Waals surface area contributed by atoms with Crippen LogP contribution >= 0.6 is 0 Å². The fourth-order valence-electron chi connectivity index (χ4n) is 1.90. The highest BCUT2D eigenvalue weighted by Gasteiger charge is 2.50. The molecular formula is C14H16N2O2. The highest BCUT2D eigenvalue weighted by Crippen LogP contribution is 2.45. The van der Waals surface area contributed by atoms with Gasteiger partial charge in [0, 0.05) is 0 Å². The van der Waals surface area contributed by atoms with E-state index in [1.54, 1.807) is 0 Å². The van der Waals surface area contributed by atoms with E-state index in [4.69, 9.17) is 5.26 Å². The molecule has 94 valence electrons. The average molecular weight is 244 g/mol. The number of aliphatic hydroxyl groups excluding tert-OH is 1. The van der Waals surface area contributed by atoms with E-state index in [9.17, 15) is 9.90 Å². The van der Waals surface area contributed by atoms with Crippen molar-refractivity contribution in [2.24, 2.45) is 5.41 Å². The highest BCUT2D eigenvalue weighted by molar-refractivity contribution is 5.88. The minimum Gasteiger partial charge on any atom is -0.394 e. The molecule has 1 atom stereocenters. The van der Waals surface area contributed by atoms with Crippen molar-refractivity contribution in [1.29, 1.82) is 5.26 Å². The molecule has 0 bridgehead atoms. The molecule has 0 saturated heterocycles. The van der Waals surface area contributed by atoms with Crippen LogP contribution in [0.2, 0.25) is 0 Å². The smallest absolute Gasteiger partial charge is 0.240 e. The van der Waals surface area contributed by atoms with Gasteiger partial charge < -0.3 is 10.4 Å². The van der Waals surface area contributed by atoms with Gasteiger partial charge in [-0.3, -0.25) is 4.79 Å². The van der Waals surface area contributed by atoms with Gasteiger partial charge >= 0.3 is 0 Å². The topological polar surface area (TPSA) is 73.1 Å². The Bertz CT molecular complexity index is 460. The number of rotatable bonds is 5. The first-order chi connectivity index (χ1) is 8.70. The third-order valence-corrected chi connectivity index (χ3v) is 3.28. The number of hydrogen-bond acceptors (Lipinski definition) is 3. The van der Waals surface area contributed by atoms with E-state index < -0.39 is 5.41 Å². The van der Waals surface area contributed by atoms with E-state index in [2.05, 4.69) is 11.4 Å². The molecular weight excluding hydrogens is 228 g/mol. The lowest BCUT2D eigenvalue weighted by molar-refractivity contribution is -0.125. The summed E-state index contributed by atoms with van der Waals surface area (Å²) in [4.78, 5) is 11.9. The van der Waals surface area contributed by atoms with Crippen molar-refractivity contribution in [2.75, 3.05) is 6.61 Å². The molecule has 1 fully saturated rings. The lowest BCUT2D eigenvalue weighted by Gasteiger charge is -2.18. The van der Waals surface area contributed by atoms with Crippen molar-refractivity contribution in [3.8, 4) is 6.07 Å². The van der Waals surface area contributed by atoms with Crippen molar-refractivity contribution >= 4 is 5.91 Å². The number of nitrogens with zero attached hydrogens (tertiary/aromatic N) is 1. The Morgan fingerprint density at radius 2 is 2.11 bits per heavy atom. The second-order valence-corrected chi connectivity index (χ2v) is 4.74. The molecule has 0 aromatic heterocycles. The highest BCUT2D eigenvalue weighted by atomic mass is 16.3. The third kappa shape index (κ3) is 2.69. The lowest BCUT2D eigenvalue weighted by Crippen LogP contribution is -2.42. The van der Waals surface area contributed by atoms with Gasteiger partial charge in [-0.2, -0.15) is 5.26 Å². The number of aliphatic hydroxyl groups is 1. The Morgan fingerprint density at radius 1 is 1.44 bits per heavy atom. The summed E-state index contributed by atoms with van der Waals surface area (Å²) in [6.07, 6.45) is 1.82. The van der Waals surface area contributed by atoms with E-state index >= 15 is 0 Å². The van der Waals surface area contributed by atoms with Gasteiger partial charge in [0.2, 0.25) is 5.91 Å². The van der Waals surface area contributed by atoms with Gasteiger partial charge in [-0.1, -0.05) is 30.3 Å². The molecule has 1 saturated carbocycles. The molecule has 0 heterocycles. The molecule has 2 N–H and O–H groups in total. The second kappa shape index (κ2) is 5.19. The molecule has 0 aliphatic heterocycles. The maximum absolute atomic E-state index is 11.9. The summed E-state index contributed by atoms with van der Waals surface area (Å²) in [5.41, 5.74) is 0.225. The molecule has 4 heteroatoms. The molecule has 0 unspecified atom stereocenters. The fraction of sp³-hybridized carbons (Fsp3) is 0.429. The van der Waals surface area contributed by atoms with E-state index in [1.807, 2.05) is 30.3 Å². The number of hydrogen-bond donors (Lipinski definition) is 2. The lowest BCUT2D eigenvalue weighted by atomic mass is 10.0. The minimum absolute atomic E-state index is 0.123. The number of benzene rings is 1. The van der Waals surface area contributed by atoms with Gasteiger partial charge in [0.25, 0.3) is 0 Å². The van der Waals surface area contributed by atoms with Crippen LogP contribution in [0.25, 0.3) is 0 Å². The van der Waals surface area contributed by atoms with Crippen LogP contribution < -0.4 is 5.32 Å². The van der Waals surface area contributed by atoms with Crippen LogP contribution in [-0.4, -0.2) is 23.7 Å². The zero-order valence-corrected chi connectivity index (χ0v) is 10.1. The monoisotopic (exact) mass is 244 g/mol. The van der Waals surface area contributed by atoms with Gasteiger partial charge in [-0.25, -0.2) is 0 Å². The van der Waals surface area contributed by atoms with Gasteiger partial charge in [0.15, 0.2) is 0 Å². The summed E-state index contributed by atoms with van der Waals surface area (Å²) in [7, 11) is 0. The summed E-state index contributed by atoms with van der Waals surface area (Å²) < 4.78 is 0. The summed E-state index contributed by atoms with van der Waals surface area (Å²) in [5.74, 6) is -0.250. The van der Waals surface area contributed by atoms with Crippen LogP contribution in [0.1, 0.15) is 18.4 Å². The van der Waals surface area contributed by atoms with Crippen molar-refractivity contribution in [3.05, 3.63) is 35.9 Å².